The van der Waals surface area contributed by atoms with Gasteiger partial charge in [-0.1, -0.05) is 36.5 Å². The second-order valence-electron chi connectivity index (χ2n) is 4.72. The first-order chi connectivity index (χ1) is 9.70. The summed E-state index contributed by atoms with van der Waals surface area (Å²) in [7, 11) is 1.20. The number of allylic oxidation sites excluding steroid dienone is 4. The molecular weight excluding hydrogens is 256 g/mol. The molecule has 2 rings (SSSR count). The quantitative estimate of drug-likeness (QED) is 0.570. The third-order valence-corrected chi connectivity index (χ3v) is 3.28. The van der Waals surface area contributed by atoms with Gasteiger partial charge in [0.05, 0.1) is 19.8 Å². The van der Waals surface area contributed by atoms with E-state index in [0.717, 1.165) is 12.8 Å². The number of ether oxygens (including phenoxy) is 2. The van der Waals surface area contributed by atoms with Crippen molar-refractivity contribution in [1.29, 1.82) is 0 Å². The fraction of sp³-hybridized carbons (Fsp3) is 0.375. The predicted molar refractivity (Wildman–Crippen MR) is 75.1 cm³/mol. The lowest BCUT2D eigenvalue weighted by Gasteiger charge is -2.18. The van der Waals surface area contributed by atoms with Crippen molar-refractivity contribution in [2.45, 2.75) is 25.4 Å². The molecule has 1 atom stereocenters. The zero-order valence-electron chi connectivity index (χ0n) is 11.5. The fourth-order valence-corrected chi connectivity index (χ4v) is 2.09. The minimum atomic E-state index is -0.834. The summed E-state index contributed by atoms with van der Waals surface area (Å²) in [6.45, 7) is 0.605. The van der Waals surface area contributed by atoms with Crippen molar-refractivity contribution >= 4 is 11.8 Å². The van der Waals surface area contributed by atoms with Crippen LogP contribution < -0.4 is 0 Å². The van der Waals surface area contributed by atoms with Crippen LogP contribution in [0.25, 0.3) is 0 Å². The molecule has 0 heterocycles. The van der Waals surface area contributed by atoms with E-state index in [2.05, 4.69) is 16.9 Å². The standard InChI is InChI=1S/C16H18O4/c1-19-16(18)15(17)13-7-9-14(10-8-13)20-11-12-5-3-2-4-6-12/h2-3,5,7-9,14H,4,6,10-11H2,1H3. The predicted octanol–water partition coefficient (Wildman–Crippen LogP) is 2.28. The Morgan fingerprint density at radius 2 is 2.25 bits per heavy atom. The lowest BCUT2D eigenvalue weighted by molar-refractivity contribution is -0.149. The second-order valence-corrected chi connectivity index (χ2v) is 4.72. The van der Waals surface area contributed by atoms with Crippen molar-refractivity contribution in [3.63, 3.8) is 0 Å². The highest BCUT2D eigenvalue weighted by Gasteiger charge is 2.20. The van der Waals surface area contributed by atoms with Crippen LogP contribution in [-0.2, 0) is 19.1 Å². The molecule has 0 radical (unpaired) electrons. The lowest BCUT2D eigenvalue weighted by Crippen LogP contribution is -2.20. The summed E-state index contributed by atoms with van der Waals surface area (Å²) in [5, 5.41) is 0. The molecule has 0 aromatic rings. The average Bonchev–Trinajstić information content (AvgIpc) is 2.53. The molecule has 0 bridgehead atoms. The maximum absolute atomic E-state index is 11.6. The summed E-state index contributed by atoms with van der Waals surface area (Å²) < 4.78 is 10.2. The highest BCUT2D eigenvalue weighted by atomic mass is 16.5. The van der Waals surface area contributed by atoms with E-state index in [1.54, 1.807) is 12.2 Å². The molecule has 0 spiro atoms. The van der Waals surface area contributed by atoms with Gasteiger partial charge in [0.1, 0.15) is 0 Å². The molecule has 2 aliphatic carbocycles. The number of hydrogen-bond donors (Lipinski definition) is 0. The van der Waals surface area contributed by atoms with Gasteiger partial charge in [-0.2, -0.15) is 0 Å². The number of ketones is 1. The summed E-state index contributed by atoms with van der Waals surface area (Å²) in [6, 6.07) is 0. The van der Waals surface area contributed by atoms with E-state index < -0.39 is 11.8 Å². The molecular formula is C16H18O4. The Labute approximate surface area is 118 Å². The number of rotatable bonds is 5. The summed E-state index contributed by atoms with van der Waals surface area (Å²) in [6.07, 6.45) is 14.1. The van der Waals surface area contributed by atoms with Crippen LogP contribution >= 0.6 is 0 Å². The Kier molecular flexibility index (Phi) is 5.07. The third kappa shape index (κ3) is 3.78. The van der Waals surface area contributed by atoms with E-state index in [9.17, 15) is 9.59 Å². The molecule has 0 saturated carbocycles. The van der Waals surface area contributed by atoms with Gasteiger partial charge in [-0.15, -0.1) is 0 Å². The fourth-order valence-electron chi connectivity index (χ4n) is 2.09. The first-order valence-electron chi connectivity index (χ1n) is 6.68. The second kappa shape index (κ2) is 7.01. The molecule has 20 heavy (non-hydrogen) atoms. The van der Waals surface area contributed by atoms with E-state index in [0.29, 0.717) is 18.6 Å². The minimum absolute atomic E-state index is 0.0454. The normalized spacial score (nSPS) is 21.1. The van der Waals surface area contributed by atoms with Crippen LogP contribution in [0.1, 0.15) is 19.3 Å². The van der Waals surface area contributed by atoms with E-state index in [1.807, 2.05) is 12.2 Å². The number of Topliss-reactive ketones (excluding diaryl/α,β-unsaturated/α-hetero) is 1. The highest BCUT2D eigenvalue weighted by molar-refractivity contribution is 6.41. The van der Waals surface area contributed by atoms with Crippen molar-refractivity contribution in [3.8, 4) is 0 Å². The molecule has 2 aliphatic rings. The molecule has 1 unspecified atom stereocenters. The van der Waals surface area contributed by atoms with Crippen LogP contribution in [0.4, 0.5) is 0 Å². The van der Waals surface area contributed by atoms with Crippen LogP contribution in [0.2, 0.25) is 0 Å². The lowest BCUT2D eigenvalue weighted by atomic mass is 10.0. The van der Waals surface area contributed by atoms with Crippen LogP contribution in [0, 0.1) is 0 Å². The van der Waals surface area contributed by atoms with Crippen LogP contribution in [0.5, 0.6) is 0 Å². The SMILES string of the molecule is COC(=O)C(=O)C1=CCC(OCC2=CC=CCC2)C=C1. The first kappa shape index (κ1) is 14.5. The maximum atomic E-state index is 11.6. The van der Waals surface area contributed by atoms with Crippen molar-refractivity contribution in [3.05, 3.63) is 47.6 Å². The Morgan fingerprint density at radius 3 is 2.85 bits per heavy atom. The van der Waals surface area contributed by atoms with E-state index in [4.69, 9.17) is 4.74 Å². The minimum Gasteiger partial charge on any atom is -0.463 e. The molecule has 0 saturated heterocycles. The molecule has 0 aliphatic heterocycles. The number of esters is 1. The maximum Gasteiger partial charge on any atom is 0.379 e. The number of carbonyl (C=O) groups is 2. The van der Waals surface area contributed by atoms with Gasteiger partial charge >= 0.3 is 5.97 Å². The Hall–Kier alpha value is -1.94. The van der Waals surface area contributed by atoms with Gasteiger partial charge in [0.15, 0.2) is 0 Å². The molecule has 0 aromatic carbocycles. The van der Waals surface area contributed by atoms with E-state index in [1.165, 1.54) is 12.7 Å². The smallest absolute Gasteiger partial charge is 0.379 e. The monoisotopic (exact) mass is 274 g/mol. The van der Waals surface area contributed by atoms with E-state index >= 15 is 0 Å². The van der Waals surface area contributed by atoms with Crippen molar-refractivity contribution in [1.82, 2.24) is 0 Å². The van der Waals surface area contributed by atoms with Gasteiger partial charge in [0.25, 0.3) is 5.78 Å². The molecule has 4 nitrogen and oxygen atoms in total. The van der Waals surface area contributed by atoms with Gasteiger partial charge in [-0.25, -0.2) is 4.79 Å². The Balaban J connectivity index is 1.82. The van der Waals surface area contributed by atoms with E-state index in [-0.39, 0.29) is 6.10 Å². The van der Waals surface area contributed by atoms with Crippen molar-refractivity contribution < 1.29 is 19.1 Å². The van der Waals surface area contributed by atoms with Crippen molar-refractivity contribution in [2.24, 2.45) is 0 Å². The first-order valence-corrected chi connectivity index (χ1v) is 6.68. The Morgan fingerprint density at radius 1 is 1.40 bits per heavy atom. The van der Waals surface area contributed by atoms with Crippen LogP contribution in [0.3, 0.4) is 0 Å². The molecule has 0 aromatic heterocycles. The number of carbonyl (C=O) groups excluding carboxylic acids is 2. The zero-order valence-corrected chi connectivity index (χ0v) is 11.5. The summed E-state index contributed by atoms with van der Waals surface area (Å²) >= 11 is 0. The Bertz CT molecular complexity index is 509. The summed E-state index contributed by atoms with van der Waals surface area (Å²) in [5.74, 6) is -1.44. The van der Waals surface area contributed by atoms with Crippen molar-refractivity contribution in [2.75, 3.05) is 13.7 Å². The number of hydrogen-bond acceptors (Lipinski definition) is 4. The highest BCUT2D eigenvalue weighted by Crippen LogP contribution is 2.18. The average molecular weight is 274 g/mol. The topological polar surface area (TPSA) is 52.6 Å². The molecule has 4 heteroatoms. The largest absolute Gasteiger partial charge is 0.463 e. The van der Waals surface area contributed by atoms with Gasteiger partial charge in [-0.3, -0.25) is 4.79 Å². The van der Waals surface area contributed by atoms with Gasteiger partial charge in [-0.05, 0) is 24.8 Å². The summed E-state index contributed by atoms with van der Waals surface area (Å²) in [4.78, 5) is 22.7. The van der Waals surface area contributed by atoms with Gasteiger partial charge in [0.2, 0.25) is 0 Å². The van der Waals surface area contributed by atoms with Gasteiger partial charge in [0, 0.05) is 5.57 Å². The number of methoxy groups -OCH3 is 1. The third-order valence-electron chi connectivity index (χ3n) is 3.28. The molecule has 0 N–H and O–H groups in total. The summed E-state index contributed by atoms with van der Waals surface area (Å²) in [5.41, 5.74) is 1.65. The van der Waals surface area contributed by atoms with Crippen LogP contribution in [0.15, 0.2) is 47.6 Å². The molecule has 0 fully saturated rings. The van der Waals surface area contributed by atoms with Crippen LogP contribution in [-0.4, -0.2) is 31.6 Å². The zero-order chi connectivity index (χ0) is 14.4. The molecule has 106 valence electrons. The molecule has 0 amide bonds. The van der Waals surface area contributed by atoms with Gasteiger partial charge < -0.3 is 9.47 Å².